The number of carbonyl (C=O) groups is 2. The summed E-state index contributed by atoms with van der Waals surface area (Å²) in [4.78, 5) is 23.6. The third-order valence-corrected chi connectivity index (χ3v) is 5.91. The maximum Gasteiger partial charge on any atom is 0.252 e. The predicted molar refractivity (Wildman–Crippen MR) is 124 cm³/mol. The van der Waals surface area contributed by atoms with E-state index in [1.54, 1.807) is 6.08 Å². The Morgan fingerprint density at radius 2 is 1.83 bits per heavy atom. The van der Waals surface area contributed by atoms with E-state index in [9.17, 15) is 9.59 Å². The van der Waals surface area contributed by atoms with Crippen LogP contribution in [-0.2, 0) is 16.1 Å². The summed E-state index contributed by atoms with van der Waals surface area (Å²) < 4.78 is 0. The first-order chi connectivity index (χ1) is 13.7. The third-order valence-electron chi connectivity index (χ3n) is 5.37. The molecule has 4 nitrogen and oxygen atoms in total. The first-order valence-electron chi connectivity index (χ1n) is 9.87. The van der Waals surface area contributed by atoms with Crippen LogP contribution in [0.2, 0.25) is 0 Å². The van der Waals surface area contributed by atoms with Gasteiger partial charge in [-0.1, -0.05) is 24.3 Å². The number of allylic oxidation sites excluding steroid dienone is 7. The van der Waals surface area contributed by atoms with Gasteiger partial charge in [0.2, 0.25) is 0 Å². The average Bonchev–Trinajstić information content (AvgIpc) is 3.50. The van der Waals surface area contributed by atoms with Crippen LogP contribution >= 0.6 is 9.24 Å². The zero-order valence-corrected chi connectivity index (χ0v) is 18.9. The quantitative estimate of drug-likeness (QED) is 0.225. The molecule has 1 saturated carbocycles. The van der Waals surface area contributed by atoms with Gasteiger partial charge >= 0.3 is 0 Å². The first kappa shape index (κ1) is 23.0. The average molecular weight is 410 g/mol. The van der Waals surface area contributed by atoms with Crippen LogP contribution in [0.25, 0.3) is 5.57 Å². The molecule has 0 heterocycles. The van der Waals surface area contributed by atoms with Crippen LogP contribution in [0.4, 0.5) is 0 Å². The highest BCUT2D eigenvalue weighted by Crippen LogP contribution is 2.41. The zero-order chi connectivity index (χ0) is 21.7. The Balaban J connectivity index is 2.68. The zero-order valence-electron chi connectivity index (χ0n) is 17.7. The Kier molecular flexibility index (Phi) is 7.89. The first-order valence-corrected chi connectivity index (χ1v) is 10.4. The SMILES string of the molecule is C\C=C/C(=C(C)\C(C)=C(\C=C(/C(C)=O)C(N)=O)C1CC1)c1ccc(CN)c(P)c1. The van der Waals surface area contributed by atoms with E-state index < -0.39 is 5.91 Å². The Bertz CT molecular complexity index is 932. The van der Waals surface area contributed by atoms with Gasteiger partial charge in [0, 0.05) is 6.54 Å². The summed E-state index contributed by atoms with van der Waals surface area (Å²) in [5.41, 5.74) is 17.8. The fraction of sp³-hybridized carbons (Fsp3) is 0.333. The summed E-state index contributed by atoms with van der Waals surface area (Å²) in [5, 5.41) is 1.08. The second-order valence-corrected chi connectivity index (χ2v) is 8.11. The number of nitrogens with two attached hydrogens (primary N) is 2. The van der Waals surface area contributed by atoms with Gasteiger partial charge in [-0.2, -0.15) is 0 Å². The molecular formula is C24H31N2O2P. The lowest BCUT2D eigenvalue weighted by molar-refractivity contribution is -0.119. The molecule has 1 atom stereocenters. The molecule has 0 radical (unpaired) electrons. The molecule has 29 heavy (non-hydrogen) atoms. The monoisotopic (exact) mass is 410 g/mol. The molecule has 0 bridgehead atoms. The fourth-order valence-electron chi connectivity index (χ4n) is 3.40. The number of carbonyl (C=O) groups excluding carboxylic acids is 2. The maximum absolute atomic E-state index is 11.9. The number of hydrogen-bond donors (Lipinski definition) is 2. The Labute approximate surface area is 176 Å². The summed E-state index contributed by atoms with van der Waals surface area (Å²) >= 11 is 0. The molecule has 154 valence electrons. The van der Waals surface area contributed by atoms with Crippen molar-refractivity contribution >= 4 is 31.8 Å². The molecule has 5 heteroatoms. The number of hydrogen-bond acceptors (Lipinski definition) is 3. The molecule has 1 unspecified atom stereocenters. The minimum atomic E-state index is -0.677. The standard InChI is InChI=1S/C24H31N2O2P/c1-5-6-20(18-9-10-19(13-25)23(29)11-18)14(2)15(3)21(17-7-8-17)12-22(16(4)27)24(26)28/h5-6,9-12,17H,7-8,13,25,29H2,1-4H3,(H2,26,28)/b6-5-,20-14+,21-15-,22-12+. The molecule has 0 spiro atoms. The van der Waals surface area contributed by atoms with Crippen LogP contribution in [0.1, 0.15) is 51.7 Å². The van der Waals surface area contributed by atoms with Gasteiger partial charge in [0.15, 0.2) is 5.78 Å². The summed E-state index contributed by atoms with van der Waals surface area (Å²) in [6, 6.07) is 6.26. The van der Waals surface area contributed by atoms with E-state index in [1.807, 2.05) is 13.0 Å². The van der Waals surface area contributed by atoms with Crippen LogP contribution in [0.15, 0.2) is 58.7 Å². The second kappa shape index (κ2) is 9.96. The smallest absolute Gasteiger partial charge is 0.252 e. The molecule has 1 aromatic rings. The van der Waals surface area contributed by atoms with Gasteiger partial charge in [0.05, 0.1) is 5.57 Å². The molecule has 0 aromatic heterocycles. The maximum atomic E-state index is 11.9. The summed E-state index contributed by atoms with van der Waals surface area (Å²) in [5.74, 6) is -0.616. The molecule has 1 aromatic carbocycles. The van der Waals surface area contributed by atoms with E-state index >= 15 is 0 Å². The van der Waals surface area contributed by atoms with Gasteiger partial charge in [-0.25, -0.2) is 0 Å². The molecule has 1 amide bonds. The minimum Gasteiger partial charge on any atom is -0.365 e. The van der Waals surface area contributed by atoms with Crippen molar-refractivity contribution in [2.45, 2.75) is 47.1 Å². The van der Waals surface area contributed by atoms with Crippen molar-refractivity contribution in [3.8, 4) is 0 Å². The highest BCUT2D eigenvalue weighted by atomic mass is 31.0. The Morgan fingerprint density at radius 1 is 1.17 bits per heavy atom. The molecule has 0 saturated heterocycles. The number of ketones is 1. The van der Waals surface area contributed by atoms with E-state index in [-0.39, 0.29) is 11.4 Å². The molecule has 1 fully saturated rings. The second-order valence-electron chi connectivity index (χ2n) is 7.49. The fourth-order valence-corrected chi connectivity index (χ4v) is 3.79. The van der Waals surface area contributed by atoms with E-state index in [0.717, 1.165) is 51.6 Å². The van der Waals surface area contributed by atoms with Crippen molar-refractivity contribution in [2.75, 3.05) is 0 Å². The van der Waals surface area contributed by atoms with Crippen LogP contribution in [-0.4, -0.2) is 11.7 Å². The predicted octanol–water partition coefficient (Wildman–Crippen LogP) is 3.72. The number of rotatable bonds is 8. The van der Waals surface area contributed by atoms with Gasteiger partial charge in [-0.05, 0) is 97.3 Å². The van der Waals surface area contributed by atoms with Crippen molar-refractivity contribution in [3.63, 3.8) is 0 Å². The van der Waals surface area contributed by atoms with E-state index in [4.69, 9.17) is 11.5 Å². The number of primary amides is 1. The van der Waals surface area contributed by atoms with E-state index in [2.05, 4.69) is 47.4 Å². The summed E-state index contributed by atoms with van der Waals surface area (Å²) in [7, 11) is 2.75. The molecule has 2 rings (SSSR count). The highest BCUT2D eigenvalue weighted by Gasteiger charge is 2.28. The van der Waals surface area contributed by atoms with E-state index in [0.29, 0.717) is 12.5 Å². The van der Waals surface area contributed by atoms with Crippen LogP contribution in [0.5, 0.6) is 0 Å². The summed E-state index contributed by atoms with van der Waals surface area (Å²) in [6.07, 6.45) is 7.92. The third kappa shape index (κ3) is 5.62. The largest absolute Gasteiger partial charge is 0.365 e. The van der Waals surface area contributed by atoms with Crippen molar-refractivity contribution in [2.24, 2.45) is 17.4 Å². The Hall–Kier alpha value is -2.29. The number of benzene rings is 1. The summed E-state index contributed by atoms with van der Waals surface area (Å²) in [6.45, 7) is 8.00. The van der Waals surface area contributed by atoms with Gasteiger partial charge in [0.25, 0.3) is 5.91 Å². The molecule has 1 aliphatic carbocycles. The van der Waals surface area contributed by atoms with Crippen molar-refractivity contribution in [3.05, 3.63) is 69.8 Å². The Morgan fingerprint density at radius 3 is 2.28 bits per heavy atom. The van der Waals surface area contributed by atoms with Crippen LogP contribution in [0, 0.1) is 5.92 Å². The van der Waals surface area contributed by atoms with Crippen LogP contribution in [0.3, 0.4) is 0 Å². The molecule has 1 aliphatic rings. The number of amides is 1. The molecular weight excluding hydrogens is 379 g/mol. The van der Waals surface area contributed by atoms with Crippen molar-refractivity contribution < 1.29 is 9.59 Å². The molecule has 0 aliphatic heterocycles. The van der Waals surface area contributed by atoms with E-state index in [1.165, 1.54) is 6.92 Å². The van der Waals surface area contributed by atoms with Crippen molar-refractivity contribution in [1.29, 1.82) is 0 Å². The van der Waals surface area contributed by atoms with Gasteiger partial charge < -0.3 is 11.5 Å². The lowest BCUT2D eigenvalue weighted by atomic mass is 9.90. The lowest BCUT2D eigenvalue weighted by Crippen LogP contribution is -2.19. The van der Waals surface area contributed by atoms with Crippen LogP contribution < -0.4 is 16.8 Å². The van der Waals surface area contributed by atoms with Gasteiger partial charge in [-0.3, -0.25) is 9.59 Å². The highest BCUT2D eigenvalue weighted by molar-refractivity contribution is 7.27. The van der Waals surface area contributed by atoms with Crippen molar-refractivity contribution in [1.82, 2.24) is 0 Å². The van der Waals surface area contributed by atoms with Gasteiger partial charge in [-0.15, -0.1) is 9.24 Å². The lowest BCUT2D eigenvalue weighted by Gasteiger charge is -2.15. The number of Topliss-reactive ketones (excluding diaryl/α,β-unsaturated/α-hetero) is 1. The minimum absolute atomic E-state index is 0.0613. The normalized spacial score (nSPS) is 16.6. The molecule has 4 N–H and O–H groups in total. The topological polar surface area (TPSA) is 86.2 Å². The van der Waals surface area contributed by atoms with Gasteiger partial charge in [0.1, 0.15) is 0 Å².